The Labute approximate surface area is 132 Å². The van der Waals surface area contributed by atoms with Gasteiger partial charge in [-0.05, 0) is 49.9 Å². The van der Waals surface area contributed by atoms with Crippen molar-refractivity contribution in [2.24, 2.45) is 5.92 Å². The number of nitrogens with zero attached hydrogens (tertiary/aromatic N) is 1. The number of hydrogen-bond acceptors (Lipinski definition) is 3. The summed E-state index contributed by atoms with van der Waals surface area (Å²) in [4.78, 5) is 25.7. The Morgan fingerprint density at radius 2 is 1.82 bits per heavy atom. The highest BCUT2D eigenvalue weighted by atomic mass is 16.2. The van der Waals surface area contributed by atoms with Crippen molar-refractivity contribution >= 4 is 17.5 Å². The van der Waals surface area contributed by atoms with Crippen molar-refractivity contribution in [3.63, 3.8) is 0 Å². The van der Waals surface area contributed by atoms with Gasteiger partial charge in [-0.15, -0.1) is 0 Å². The lowest BCUT2D eigenvalue weighted by molar-refractivity contribution is -0.130. The highest BCUT2D eigenvalue weighted by molar-refractivity contribution is 5.94. The zero-order chi connectivity index (χ0) is 15.9. The molecule has 1 saturated heterocycles. The first kappa shape index (κ1) is 16.3. The fourth-order valence-electron chi connectivity index (χ4n) is 2.55. The third kappa shape index (κ3) is 4.48. The first-order valence-electron chi connectivity index (χ1n) is 8.00. The van der Waals surface area contributed by atoms with Crippen LogP contribution in [0.4, 0.5) is 5.69 Å². The van der Waals surface area contributed by atoms with Gasteiger partial charge in [-0.1, -0.05) is 6.92 Å². The number of anilines is 1. The largest absolute Gasteiger partial charge is 0.376 e. The summed E-state index contributed by atoms with van der Waals surface area (Å²) in [5.41, 5.74) is 1.48. The second-order valence-corrected chi connectivity index (χ2v) is 5.85. The van der Waals surface area contributed by atoms with Crippen LogP contribution in [0.5, 0.6) is 0 Å². The summed E-state index contributed by atoms with van der Waals surface area (Å²) in [6.07, 6.45) is 2.18. The van der Waals surface area contributed by atoms with Gasteiger partial charge in [0.1, 0.15) is 0 Å². The van der Waals surface area contributed by atoms with E-state index in [0.717, 1.165) is 37.5 Å². The third-order valence-electron chi connectivity index (χ3n) is 4.06. The van der Waals surface area contributed by atoms with E-state index in [1.807, 2.05) is 24.0 Å². The number of carbonyl (C=O) groups is 2. The molecule has 2 N–H and O–H groups in total. The van der Waals surface area contributed by atoms with Gasteiger partial charge in [-0.25, -0.2) is 0 Å². The topological polar surface area (TPSA) is 61.4 Å². The lowest BCUT2D eigenvalue weighted by Gasteiger charge is -2.30. The van der Waals surface area contributed by atoms with Crippen LogP contribution in [0.15, 0.2) is 24.3 Å². The van der Waals surface area contributed by atoms with Crippen LogP contribution in [0.3, 0.4) is 0 Å². The van der Waals surface area contributed by atoms with E-state index in [0.29, 0.717) is 18.7 Å². The average Bonchev–Trinajstić information content (AvgIpc) is 2.54. The Hall–Kier alpha value is -2.04. The molecule has 1 fully saturated rings. The van der Waals surface area contributed by atoms with Crippen LogP contribution in [-0.4, -0.2) is 42.9 Å². The van der Waals surface area contributed by atoms with Crippen LogP contribution < -0.4 is 10.6 Å². The molecule has 22 heavy (non-hydrogen) atoms. The number of likely N-dealkylation sites (tertiary alicyclic amines) is 1. The standard InChI is InChI=1S/C17H25N3O2/c1-3-18-17(22)14-4-6-15(7-5-14)19-12-16(21)20-10-8-13(2)9-11-20/h4-7,13,19H,3,8-12H2,1-2H3,(H,18,22). The average molecular weight is 303 g/mol. The summed E-state index contributed by atoms with van der Waals surface area (Å²) in [5, 5.41) is 5.89. The van der Waals surface area contributed by atoms with E-state index >= 15 is 0 Å². The van der Waals surface area contributed by atoms with Crippen molar-refractivity contribution in [1.29, 1.82) is 0 Å². The molecular formula is C17H25N3O2. The summed E-state index contributed by atoms with van der Waals surface area (Å²) in [7, 11) is 0. The SMILES string of the molecule is CCNC(=O)c1ccc(NCC(=O)N2CCC(C)CC2)cc1. The number of nitrogens with one attached hydrogen (secondary N) is 2. The quantitative estimate of drug-likeness (QED) is 0.876. The van der Waals surface area contributed by atoms with Crippen molar-refractivity contribution in [2.45, 2.75) is 26.7 Å². The molecule has 0 saturated carbocycles. The predicted molar refractivity (Wildman–Crippen MR) is 87.9 cm³/mol. The van der Waals surface area contributed by atoms with Crippen molar-refractivity contribution in [3.05, 3.63) is 29.8 Å². The van der Waals surface area contributed by atoms with Gasteiger partial charge in [0.2, 0.25) is 5.91 Å². The fourth-order valence-corrected chi connectivity index (χ4v) is 2.55. The second kappa shape index (κ2) is 7.82. The molecule has 2 rings (SSSR count). The number of piperidine rings is 1. The van der Waals surface area contributed by atoms with Gasteiger partial charge in [0.05, 0.1) is 6.54 Å². The lowest BCUT2D eigenvalue weighted by Crippen LogP contribution is -2.40. The molecule has 1 aromatic carbocycles. The molecule has 0 unspecified atom stereocenters. The molecule has 0 aliphatic carbocycles. The molecule has 1 aromatic rings. The Morgan fingerprint density at radius 1 is 1.18 bits per heavy atom. The van der Waals surface area contributed by atoms with Crippen molar-refractivity contribution in [2.75, 3.05) is 31.5 Å². The molecule has 0 aromatic heterocycles. The van der Waals surface area contributed by atoms with Crippen LogP contribution in [0.2, 0.25) is 0 Å². The van der Waals surface area contributed by atoms with E-state index in [1.54, 1.807) is 12.1 Å². The van der Waals surface area contributed by atoms with Crippen molar-refractivity contribution < 1.29 is 9.59 Å². The molecule has 0 spiro atoms. The summed E-state index contributed by atoms with van der Waals surface area (Å²) in [6, 6.07) is 7.19. The fraction of sp³-hybridized carbons (Fsp3) is 0.529. The minimum atomic E-state index is -0.0763. The molecule has 0 radical (unpaired) electrons. The zero-order valence-corrected chi connectivity index (χ0v) is 13.4. The summed E-state index contributed by atoms with van der Waals surface area (Å²) in [5.74, 6) is 0.783. The molecule has 5 nitrogen and oxygen atoms in total. The highest BCUT2D eigenvalue weighted by Gasteiger charge is 2.19. The summed E-state index contributed by atoms with van der Waals surface area (Å²) < 4.78 is 0. The van der Waals surface area contributed by atoms with Crippen molar-refractivity contribution in [3.8, 4) is 0 Å². The number of amides is 2. The highest BCUT2D eigenvalue weighted by Crippen LogP contribution is 2.16. The third-order valence-corrected chi connectivity index (χ3v) is 4.06. The first-order valence-corrected chi connectivity index (χ1v) is 8.00. The van der Waals surface area contributed by atoms with Crippen LogP contribution in [0.25, 0.3) is 0 Å². The van der Waals surface area contributed by atoms with Gasteiger partial charge >= 0.3 is 0 Å². The molecule has 0 atom stereocenters. The van der Waals surface area contributed by atoms with E-state index in [9.17, 15) is 9.59 Å². The Kier molecular flexibility index (Phi) is 5.81. The molecule has 2 amide bonds. The molecule has 5 heteroatoms. The maximum Gasteiger partial charge on any atom is 0.251 e. The Morgan fingerprint density at radius 3 is 2.41 bits per heavy atom. The predicted octanol–water partition coefficient (Wildman–Crippen LogP) is 2.11. The number of hydrogen-bond donors (Lipinski definition) is 2. The van der Waals surface area contributed by atoms with E-state index in [-0.39, 0.29) is 11.8 Å². The number of rotatable bonds is 5. The molecule has 1 aliphatic rings. The van der Waals surface area contributed by atoms with Crippen LogP contribution in [0.1, 0.15) is 37.0 Å². The zero-order valence-electron chi connectivity index (χ0n) is 13.4. The maximum atomic E-state index is 12.1. The van der Waals surface area contributed by atoms with E-state index < -0.39 is 0 Å². The smallest absolute Gasteiger partial charge is 0.251 e. The van der Waals surface area contributed by atoms with Gasteiger partial charge in [0.15, 0.2) is 0 Å². The van der Waals surface area contributed by atoms with Crippen LogP contribution in [-0.2, 0) is 4.79 Å². The number of carbonyl (C=O) groups excluding carboxylic acids is 2. The molecule has 1 heterocycles. The Bertz CT molecular complexity index is 505. The van der Waals surface area contributed by atoms with E-state index in [1.165, 1.54) is 0 Å². The minimum absolute atomic E-state index is 0.0763. The lowest BCUT2D eigenvalue weighted by atomic mass is 9.99. The van der Waals surface area contributed by atoms with Gasteiger partial charge < -0.3 is 15.5 Å². The summed E-state index contributed by atoms with van der Waals surface area (Å²) >= 11 is 0. The van der Waals surface area contributed by atoms with E-state index in [4.69, 9.17) is 0 Å². The molecular weight excluding hydrogens is 278 g/mol. The van der Waals surface area contributed by atoms with Gasteiger partial charge in [-0.3, -0.25) is 9.59 Å². The first-order chi connectivity index (χ1) is 10.6. The van der Waals surface area contributed by atoms with Gasteiger partial charge in [-0.2, -0.15) is 0 Å². The molecule has 120 valence electrons. The number of benzene rings is 1. The summed E-state index contributed by atoms with van der Waals surface area (Å²) in [6.45, 7) is 6.75. The van der Waals surface area contributed by atoms with Gasteiger partial charge in [0.25, 0.3) is 5.91 Å². The second-order valence-electron chi connectivity index (χ2n) is 5.85. The molecule has 1 aliphatic heterocycles. The van der Waals surface area contributed by atoms with E-state index in [2.05, 4.69) is 17.6 Å². The van der Waals surface area contributed by atoms with Gasteiger partial charge in [0, 0.05) is 30.9 Å². The Balaban J connectivity index is 1.81. The maximum absolute atomic E-state index is 12.1. The van der Waals surface area contributed by atoms with Crippen molar-refractivity contribution in [1.82, 2.24) is 10.2 Å². The normalized spacial score (nSPS) is 15.5. The minimum Gasteiger partial charge on any atom is -0.376 e. The monoisotopic (exact) mass is 303 g/mol. The van der Waals surface area contributed by atoms with Crippen LogP contribution in [0, 0.1) is 5.92 Å². The van der Waals surface area contributed by atoms with Crippen LogP contribution >= 0.6 is 0 Å². The molecule has 0 bridgehead atoms.